The lowest BCUT2D eigenvalue weighted by Crippen LogP contribution is -2.41. The number of carbonyl (C=O) groups is 1. The summed E-state index contributed by atoms with van der Waals surface area (Å²) in [5.41, 5.74) is -0.580. The molecule has 0 spiro atoms. The first-order valence-corrected chi connectivity index (χ1v) is 5.16. The van der Waals surface area contributed by atoms with Crippen LogP contribution in [0, 0.1) is 0 Å². The molecular formula is C8H14O3Si. The van der Waals surface area contributed by atoms with E-state index in [1.54, 1.807) is 0 Å². The molecular weight excluding hydrogens is 172 g/mol. The molecule has 1 atom stereocenters. The van der Waals surface area contributed by atoms with Crippen LogP contribution in [-0.2, 0) is 14.3 Å². The predicted molar refractivity (Wildman–Crippen MR) is 48.8 cm³/mol. The Bertz CT molecular complexity index is 185. The molecule has 1 fully saturated rings. The fraction of sp³-hybridized carbons (Fsp3) is 0.625. The molecule has 0 aromatic rings. The third kappa shape index (κ3) is 2.46. The first kappa shape index (κ1) is 9.47. The van der Waals surface area contributed by atoms with Crippen molar-refractivity contribution in [2.24, 2.45) is 0 Å². The summed E-state index contributed by atoms with van der Waals surface area (Å²) in [5.74, 6) is -0.383. The second kappa shape index (κ2) is 3.87. The normalized spacial score (nSPS) is 29.7. The SMILES string of the molecule is C=CC(=O)OC1([SiH3])CCCCO1. The molecule has 1 rings (SSSR count). The highest BCUT2D eigenvalue weighted by Crippen LogP contribution is 2.22. The highest BCUT2D eigenvalue weighted by molar-refractivity contribution is 6.14. The molecule has 0 aromatic heterocycles. The number of hydrogen-bond donors (Lipinski definition) is 0. The minimum atomic E-state index is -0.580. The summed E-state index contributed by atoms with van der Waals surface area (Å²) < 4.78 is 10.5. The maximum atomic E-state index is 10.9. The first-order chi connectivity index (χ1) is 5.66. The van der Waals surface area contributed by atoms with Gasteiger partial charge in [0.05, 0.1) is 16.8 Å². The van der Waals surface area contributed by atoms with E-state index in [9.17, 15) is 4.79 Å². The zero-order valence-corrected chi connectivity index (χ0v) is 9.34. The van der Waals surface area contributed by atoms with Gasteiger partial charge in [0.2, 0.25) is 0 Å². The zero-order chi connectivity index (χ0) is 9.03. The van der Waals surface area contributed by atoms with Gasteiger partial charge in [0.1, 0.15) is 0 Å². The largest absolute Gasteiger partial charge is 0.435 e. The summed E-state index contributed by atoms with van der Waals surface area (Å²) in [4.78, 5) is 10.9. The molecule has 1 heterocycles. The third-order valence-electron chi connectivity index (χ3n) is 1.92. The fourth-order valence-corrected chi connectivity index (χ4v) is 2.00. The predicted octanol–water partition coefficient (Wildman–Crippen LogP) is -0.0647. The number of ether oxygens (including phenoxy) is 2. The van der Waals surface area contributed by atoms with Gasteiger partial charge in [-0.2, -0.15) is 0 Å². The van der Waals surface area contributed by atoms with Gasteiger partial charge in [-0.15, -0.1) is 0 Å². The van der Waals surface area contributed by atoms with Crippen molar-refractivity contribution in [3.63, 3.8) is 0 Å². The molecule has 1 saturated heterocycles. The maximum absolute atomic E-state index is 10.9. The molecule has 3 nitrogen and oxygen atoms in total. The Morgan fingerprint density at radius 3 is 2.92 bits per heavy atom. The standard InChI is InChI=1S/C8H14O3Si/c1-2-7(9)11-8(12)5-3-4-6-10-8/h2H,1,3-6H2,12H3. The van der Waals surface area contributed by atoms with Crippen LogP contribution >= 0.6 is 0 Å². The number of carbonyl (C=O) groups excluding carboxylic acids is 1. The van der Waals surface area contributed by atoms with Crippen LogP contribution < -0.4 is 0 Å². The van der Waals surface area contributed by atoms with Gasteiger partial charge in [-0.3, -0.25) is 0 Å². The van der Waals surface area contributed by atoms with E-state index >= 15 is 0 Å². The Morgan fingerprint density at radius 2 is 2.42 bits per heavy atom. The lowest BCUT2D eigenvalue weighted by molar-refractivity contribution is -0.201. The Balaban J connectivity index is 2.46. The Labute approximate surface area is 75.2 Å². The second-order valence-electron chi connectivity index (χ2n) is 3.06. The number of esters is 1. The Hall–Kier alpha value is -0.613. The van der Waals surface area contributed by atoms with Crippen LogP contribution in [0.15, 0.2) is 12.7 Å². The lowest BCUT2D eigenvalue weighted by atomic mass is 10.2. The van der Waals surface area contributed by atoms with Gasteiger partial charge in [-0.05, 0) is 12.8 Å². The monoisotopic (exact) mass is 186 g/mol. The van der Waals surface area contributed by atoms with Crippen molar-refractivity contribution in [3.05, 3.63) is 12.7 Å². The minimum Gasteiger partial charge on any atom is -0.435 e. The topological polar surface area (TPSA) is 35.5 Å². The molecule has 1 unspecified atom stereocenters. The quantitative estimate of drug-likeness (QED) is 0.344. The van der Waals surface area contributed by atoms with Crippen LogP contribution in [-0.4, -0.2) is 28.2 Å². The molecule has 0 bridgehead atoms. The van der Waals surface area contributed by atoms with E-state index in [2.05, 4.69) is 6.58 Å². The lowest BCUT2D eigenvalue weighted by Gasteiger charge is -2.33. The Kier molecular flexibility index (Phi) is 3.05. The van der Waals surface area contributed by atoms with E-state index in [0.29, 0.717) is 6.61 Å². The molecule has 0 N–H and O–H groups in total. The van der Waals surface area contributed by atoms with Crippen LogP contribution in [0.2, 0.25) is 0 Å². The molecule has 4 heteroatoms. The zero-order valence-electron chi connectivity index (χ0n) is 7.34. The fourth-order valence-electron chi connectivity index (χ4n) is 1.24. The van der Waals surface area contributed by atoms with Gasteiger partial charge < -0.3 is 9.47 Å². The van der Waals surface area contributed by atoms with Crippen molar-refractivity contribution < 1.29 is 14.3 Å². The number of rotatable bonds is 2. The summed E-state index contributed by atoms with van der Waals surface area (Å²) >= 11 is 0. The smallest absolute Gasteiger partial charge is 0.332 e. The summed E-state index contributed by atoms with van der Waals surface area (Å²) in [6.45, 7) is 4.04. The second-order valence-corrected chi connectivity index (χ2v) is 4.59. The van der Waals surface area contributed by atoms with E-state index in [0.717, 1.165) is 29.5 Å². The third-order valence-corrected chi connectivity index (χ3v) is 2.91. The van der Waals surface area contributed by atoms with E-state index < -0.39 is 5.41 Å². The van der Waals surface area contributed by atoms with Gasteiger partial charge in [0.15, 0.2) is 5.41 Å². The molecule has 1 aliphatic rings. The van der Waals surface area contributed by atoms with Crippen LogP contribution in [0.4, 0.5) is 0 Å². The van der Waals surface area contributed by atoms with Crippen LogP contribution in [0.1, 0.15) is 19.3 Å². The molecule has 0 aromatic carbocycles. The van der Waals surface area contributed by atoms with Crippen molar-refractivity contribution in [2.75, 3.05) is 6.61 Å². The van der Waals surface area contributed by atoms with Crippen molar-refractivity contribution in [3.8, 4) is 0 Å². The summed E-state index contributed by atoms with van der Waals surface area (Å²) in [7, 11) is 0.719. The van der Waals surface area contributed by atoms with E-state index in [1.807, 2.05) is 0 Å². The van der Waals surface area contributed by atoms with Crippen molar-refractivity contribution >= 4 is 16.2 Å². The van der Waals surface area contributed by atoms with Gasteiger partial charge in [0.25, 0.3) is 0 Å². The van der Waals surface area contributed by atoms with Crippen molar-refractivity contribution in [2.45, 2.75) is 24.7 Å². The molecule has 1 aliphatic heterocycles. The average molecular weight is 186 g/mol. The Morgan fingerprint density at radius 1 is 1.67 bits per heavy atom. The van der Waals surface area contributed by atoms with Crippen LogP contribution in [0.25, 0.3) is 0 Å². The van der Waals surface area contributed by atoms with E-state index in [4.69, 9.17) is 9.47 Å². The summed E-state index contributed by atoms with van der Waals surface area (Å²) in [6.07, 6.45) is 4.15. The highest BCUT2D eigenvalue weighted by Gasteiger charge is 2.30. The summed E-state index contributed by atoms with van der Waals surface area (Å²) in [6, 6.07) is 0. The van der Waals surface area contributed by atoms with Crippen LogP contribution in [0.3, 0.4) is 0 Å². The van der Waals surface area contributed by atoms with Gasteiger partial charge >= 0.3 is 5.97 Å². The minimum absolute atomic E-state index is 0.383. The molecule has 0 saturated carbocycles. The molecule has 68 valence electrons. The van der Waals surface area contributed by atoms with Crippen molar-refractivity contribution in [1.82, 2.24) is 0 Å². The van der Waals surface area contributed by atoms with Gasteiger partial charge in [0, 0.05) is 12.5 Å². The average Bonchev–Trinajstić information content (AvgIpc) is 2.05. The molecule has 0 aliphatic carbocycles. The maximum Gasteiger partial charge on any atom is 0.332 e. The highest BCUT2D eigenvalue weighted by atomic mass is 28.1. The van der Waals surface area contributed by atoms with Crippen LogP contribution in [0.5, 0.6) is 0 Å². The first-order valence-electron chi connectivity index (χ1n) is 4.16. The number of hydrogen-bond acceptors (Lipinski definition) is 3. The molecule has 0 radical (unpaired) electrons. The molecule has 12 heavy (non-hydrogen) atoms. The van der Waals surface area contributed by atoms with Gasteiger partial charge in [-0.1, -0.05) is 6.58 Å². The van der Waals surface area contributed by atoms with E-state index in [-0.39, 0.29) is 5.97 Å². The van der Waals surface area contributed by atoms with E-state index in [1.165, 1.54) is 6.08 Å². The van der Waals surface area contributed by atoms with Crippen molar-refractivity contribution in [1.29, 1.82) is 0 Å². The van der Waals surface area contributed by atoms with Gasteiger partial charge in [-0.25, -0.2) is 4.79 Å². The summed E-state index contributed by atoms with van der Waals surface area (Å²) in [5, 5.41) is 0. The molecule has 0 amide bonds.